The summed E-state index contributed by atoms with van der Waals surface area (Å²) in [6, 6.07) is 7.51. The van der Waals surface area contributed by atoms with Crippen molar-refractivity contribution >= 4 is 11.7 Å². The summed E-state index contributed by atoms with van der Waals surface area (Å²) < 4.78 is 5.14. The molecule has 0 spiro atoms. The van der Waals surface area contributed by atoms with Gasteiger partial charge in [-0.25, -0.2) is 4.79 Å². The molecule has 1 aromatic carbocycles. The van der Waals surface area contributed by atoms with Gasteiger partial charge in [-0.2, -0.15) is 0 Å². The Balaban J connectivity index is 2.00. The molecule has 0 aromatic heterocycles. The Morgan fingerprint density at radius 1 is 1.58 bits per heavy atom. The molecule has 0 aliphatic carbocycles. The van der Waals surface area contributed by atoms with E-state index in [0.29, 0.717) is 12.5 Å². The first-order chi connectivity index (χ1) is 9.13. The maximum Gasteiger partial charge on any atom is 0.322 e. The van der Waals surface area contributed by atoms with Gasteiger partial charge in [0.1, 0.15) is 5.75 Å². The predicted molar refractivity (Wildman–Crippen MR) is 75.3 cm³/mol. The second kappa shape index (κ2) is 5.93. The lowest BCUT2D eigenvalue weighted by Gasteiger charge is -2.22. The van der Waals surface area contributed by atoms with E-state index in [1.165, 1.54) is 0 Å². The number of nitrogens with two attached hydrogens (primary N) is 1. The summed E-state index contributed by atoms with van der Waals surface area (Å²) in [4.78, 5) is 14.1. The normalized spacial score (nSPS) is 22.4. The number of hydrogen-bond donors (Lipinski definition) is 2. The molecule has 3 N–H and O–H groups in total. The van der Waals surface area contributed by atoms with Crippen molar-refractivity contribution in [3.05, 3.63) is 24.3 Å². The molecule has 2 atom stereocenters. The molecule has 1 aromatic rings. The molecule has 2 unspecified atom stereocenters. The highest BCUT2D eigenvalue weighted by molar-refractivity contribution is 5.89. The number of methoxy groups -OCH3 is 1. The Morgan fingerprint density at radius 2 is 2.37 bits per heavy atom. The fourth-order valence-electron chi connectivity index (χ4n) is 2.49. The summed E-state index contributed by atoms with van der Waals surface area (Å²) in [5.41, 5.74) is 6.42. The zero-order valence-corrected chi connectivity index (χ0v) is 11.4. The maximum absolute atomic E-state index is 12.2. The van der Waals surface area contributed by atoms with E-state index in [1.807, 2.05) is 23.1 Å². The molecule has 1 aliphatic heterocycles. The number of benzene rings is 1. The summed E-state index contributed by atoms with van der Waals surface area (Å²) in [5.74, 6) is 1.14. The molecule has 1 saturated heterocycles. The number of hydrogen-bond acceptors (Lipinski definition) is 3. The average Bonchev–Trinajstić information content (AvgIpc) is 2.80. The first-order valence-electron chi connectivity index (χ1n) is 6.55. The SMILES string of the molecule is COc1cccc(NC(=O)N2CC(CN)CC2C)c1. The molecular weight excluding hydrogens is 242 g/mol. The highest BCUT2D eigenvalue weighted by Crippen LogP contribution is 2.24. The van der Waals surface area contributed by atoms with Crippen molar-refractivity contribution in [1.82, 2.24) is 4.90 Å². The Hall–Kier alpha value is -1.75. The van der Waals surface area contributed by atoms with Crippen LogP contribution in [0.25, 0.3) is 0 Å². The number of amides is 2. The van der Waals surface area contributed by atoms with E-state index in [-0.39, 0.29) is 12.1 Å². The van der Waals surface area contributed by atoms with Gasteiger partial charge in [0, 0.05) is 24.3 Å². The zero-order chi connectivity index (χ0) is 13.8. The number of ether oxygens (including phenoxy) is 1. The standard InChI is InChI=1S/C14H21N3O2/c1-10-6-11(8-15)9-17(10)14(18)16-12-4-3-5-13(7-12)19-2/h3-5,7,10-11H,6,8-9,15H2,1-2H3,(H,16,18). The average molecular weight is 263 g/mol. The molecule has 0 saturated carbocycles. The van der Waals surface area contributed by atoms with Crippen molar-refractivity contribution in [2.24, 2.45) is 11.7 Å². The van der Waals surface area contributed by atoms with Crippen molar-refractivity contribution < 1.29 is 9.53 Å². The quantitative estimate of drug-likeness (QED) is 0.875. The van der Waals surface area contributed by atoms with Crippen molar-refractivity contribution in [3.8, 4) is 5.75 Å². The zero-order valence-electron chi connectivity index (χ0n) is 11.4. The third-order valence-corrected chi connectivity index (χ3v) is 3.58. The van der Waals surface area contributed by atoms with Crippen LogP contribution in [0.5, 0.6) is 5.75 Å². The van der Waals surface area contributed by atoms with Crippen LogP contribution in [0.3, 0.4) is 0 Å². The van der Waals surface area contributed by atoms with Crippen LogP contribution < -0.4 is 15.8 Å². The molecule has 2 rings (SSSR count). The molecule has 0 bridgehead atoms. The number of carbonyl (C=O) groups is 1. The lowest BCUT2D eigenvalue weighted by atomic mass is 10.1. The van der Waals surface area contributed by atoms with E-state index in [4.69, 9.17) is 10.5 Å². The smallest absolute Gasteiger partial charge is 0.322 e. The Labute approximate surface area is 113 Å². The highest BCUT2D eigenvalue weighted by Gasteiger charge is 2.31. The number of anilines is 1. The van der Waals surface area contributed by atoms with Gasteiger partial charge in [0.05, 0.1) is 7.11 Å². The summed E-state index contributed by atoms with van der Waals surface area (Å²) >= 11 is 0. The number of urea groups is 1. The van der Waals surface area contributed by atoms with Gasteiger partial charge in [0.25, 0.3) is 0 Å². The number of carbonyl (C=O) groups excluding carboxylic acids is 1. The number of likely N-dealkylation sites (tertiary alicyclic amines) is 1. The van der Waals surface area contributed by atoms with Crippen LogP contribution in [-0.4, -0.2) is 37.2 Å². The van der Waals surface area contributed by atoms with Gasteiger partial charge < -0.3 is 20.7 Å². The van der Waals surface area contributed by atoms with Crippen molar-refractivity contribution in [2.75, 3.05) is 25.5 Å². The van der Waals surface area contributed by atoms with Crippen LogP contribution in [0, 0.1) is 5.92 Å². The minimum atomic E-state index is -0.0725. The number of rotatable bonds is 3. The van der Waals surface area contributed by atoms with Crippen LogP contribution in [0.15, 0.2) is 24.3 Å². The molecule has 2 amide bonds. The summed E-state index contributed by atoms with van der Waals surface area (Å²) in [7, 11) is 1.61. The molecule has 0 radical (unpaired) electrons. The Bertz CT molecular complexity index is 450. The largest absolute Gasteiger partial charge is 0.497 e. The van der Waals surface area contributed by atoms with Gasteiger partial charge in [0.15, 0.2) is 0 Å². The Kier molecular flexibility index (Phi) is 4.27. The monoisotopic (exact) mass is 263 g/mol. The van der Waals surface area contributed by atoms with Gasteiger partial charge in [-0.3, -0.25) is 0 Å². The fraction of sp³-hybridized carbons (Fsp3) is 0.500. The maximum atomic E-state index is 12.2. The topological polar surface area (TPSA) is 67.6 Å². The second-order valence-corrected chi connectivity index (χ2v) is 5.00. The lowest BCUT2D eigenvalue weighted by molar-refractivity contribution is 0.209. The summed E-state index contributed by atoms with van der Waals surface area (Å²) in [5, 5.41) is 2.90. The van der Waals surface area contributed by atoms with E-state index in [9.17, 15) is 4.79 Å². The van der Waals surface area contributed by atoms with Crippen LogP contribution in [0.4, 0.5) is 10.5 Å². The summed E-state index contributed by atoms with van der Waals surface area (Å²) in [6.45, 7) is 3.42. The van der Waals surface area contributed by atoms with Crippen molar-refractivity contribution in [1.29, 1.82) is 0 Å². The second-order valence-electron chi connectivity index (χ2n) is 5.00. The van der Waals surface area contributed by atoms with Gasteiger partial charge in [-0.1, -0.05) is 6.07 Å². The lowest BCUT2D eigenvalue weighted by Crippen LogP contribution is -2.37. The van der Waals surface area contributed by atoms with E-state index in [1.54, 1.807) is 13.2 Å². The Morgan fingerprint density at radius 3 is 3.00 bits per heavy atom. The van der Waals surface area contributed by atoms with Gasteiger partial charge >= 0.3 is 6.03 Å². The number of nitrogens with zero attached hydrogens (tertiary/aromatic N) is 1. The molecule has 5 heteroatoms. The van der Waals surface area contributed by atoms with Crippen molar-refractivity contribution in [3.63, 3.8) is 0 Å². The van der Waals surface area contributed by atoms with Crippen molar-refractivity contribution in [2.45, 2.75) is 19.4 Å². The highest BCUT2D eigenvalue weighted by atomic mass is 16.5. The molecule has 1 fully saturated rings. The number of nitrogens with one attached hydrogen (secondary N) is 1. The van der Waals surface area contributed by atoms with Gasteiger partial charge in [-0.15, -0.1) is 0 Å². The minimum absolute atomic E-state index is 0.0725. The predicted octanol–water partition coefficient (Wildman–Crippen LogP) is 1.90. The van der Waals surface area contributed by atoms with E-state index in [2.05, 4.69) is 12.2 Å². The van der Waals surface area contributed by atoms with Gasteiger partial charge in [-0.05, 0) is 37.9 Å². The van der Waals surface area contributed by atoms with E-state index < -0.39 is 0 Å². The molecular formula is C14H21N3O2. The molecule has 5 nitrogen and oxygen atoms in total. The first-order valence-corrected chi connectivity index (χ1v) is 6.55. The summed E-state index contributed by atoms with van der Waals surface area (Å²) in [6.07, 6.45) is 0.974. The van der Waals surface area contributed by atoms with Crippen LogP contribution in [-0.2, 0) is 0 Å². The first kappa shape index (κ1) is 13.7. The van der Waals surface area contributed by atoms with Gasteiger partial charge in [0.2, 0.25) is 0 Å². The third kappa shape index (κ3) is 3.17. The van der Waals surface area contributed by atoms with E-state index >= 15 is 0 Å². The third-order valence-electron chi connectivity index (χ3n) is 3.58. The molecule has 19 heavy (non-hydrogen) atoms. The molecule has 1 aliphatic rings. The molecule has 104 valence electrons. The van der Waals surface area contributed by atoms with Crippen LogP contribution in [0.2, 0.25) is 0 Å². The van der Waals surface area contributed by atoms with Crippen LogP contribution >= 0.6 is 0 Å². The molecule has 1 heterocycles. The van der Waals surface area contributed by atoms with E-state index in [0.717, 1.165) is 24.4 Å². The van der Waals surface area contributed by atoms with Crippen LogP contribution in [0.1, 0.15) is 13.3 Å². The fourth-order valence-corrected chi connectivity index (χ4v) is 2.49. The minimum Gasteiger partial charge on any atom is -0.497 e.